The molecule has 0 fully saturated rings. The monoisotopic (exact) mass is 357 g/mol. The fraction of sp³-hybridized carbons (Fsp3) is 0.529. The average Bonchev–Trinajstić information content (AvgIpc) is 2.52. The van der Waals surface area contributed by atoms with E-state index in [9.17, 15) is 9.59 Å². The highest BCUT2D eigenvalue weighted by atomic mass is 16.5. The molecule has 0 spiro atoms. The molecule has 0 radical (unpaired) electrons. The summed E-state index contributed by atoms with van der Waals surface area (Å²) in [6.45, 7) is 8.94. The number of aliphatic hydroxyl groups excluding tert-OH is 2. The van der Waals surface area contributed by atoms with Gasteiger partial charge < -0.3 is 30.9 Å². The maximum atomic E-state index is 9.77. The molecule has 1 aromatic carbocycles. The number of carboxylic acid groups (broad SMARTS) is 2. The van der Waals surface area contributed by atoms with Gasteiger partial charge in [0.05, 0.1) is 6.61 Å². The fourth-order valence-electron chi connectivity index (χ4n) is 1.66. The number of rotatable bonds is 7. The highest BCUT2D eigenvalue weighted by Crippen LogP contribution is 2.23. The summed E-state index contributed by atoms with van der Waals surface area (Å²) in [5.74, 6) is -2.15. The molecule has 1 aromatic rings. The molecule has 3 unspecified atom stereocenters. The van der Waals surface area contributed by atoms with Crippen molar-refractivity contribution in [1.82, 2.24) is 0 Å². The van der Waals surface area contributed by atoms with Crippen molar-refractivity contribution in [1.29, 1.82) is 0 Å². The first-order valence-electron chi connectivity index (χ1n) is 7.75. The van der Waals surface area contributed by atoms with Gasteiger partial charge in [0.25, 0.3) is 0 Å². The van der Waals surface area contributed by atoms with Gasteiger partial charge in [0.2, 0.25) is 0 Å². The summed E-state index contributed by atoms with van der Waals surface area (Å²) in [7, 11) is 0. The quantitative estimate of drug-likeness (QED) is 0.474. The Bertz CT molecular complexity index is 536. The van der Waals surface area contributed by atoms with Crippen molar-refractivity contribution < 1.29 is 34.8 Å². The number of benzene rings is 1. The zero-order valence-corrected chi connectivity index (χ0v) is 14.8. The van der Waals surface area contributed by atoms with Crippen molar-refractivity contribution in [3.05, 3.63) is 29.3 Å². The molecule has 0 bridgehead atoms. The van der Waals surface area contributed by atoms with Crippen molar-refractivity contribution in [2.24, 2.45) is 11.7 Å². The molecule has 4 atom stereocenters. The van der Waals surface area contributed by atoms with Crippen LogP contribution in [0.3, 0.4) is 0 Å². The van der Waals surface area contributed by atoms with Crippen molar-refractivity contribution in [2.45, 2.75) is 45.9 Å². The lowest BCUT2D eigenvalue weighted by Crippen LogP contribution is -2.39. The number of aliphatic hydroxyl groups is 2. The SMILES string of the molecule is Cc1cccc(C)c1OCC(C)[C@@H](C)N.O=C(O)C(O)C(O)C(=O)O. The molecule has 0 aliphatic rings. The van der Waals surface area contributed by atoms with E-state index in [1.54, 1.807) is 0 Å². The average molecular weight is 357 g/mol. The van der Waals surface area contributed by atoms with Crippen LogP contribution in [-0.2, 0) is 9.59 Å². The van der Waals surface area contributed by atoms with Gasteiger partial charge in [-0.3, -0.25) is 0 Å². The molecule has 0 saturated heterocycles. The van der Waals surface area contributed by atoms with Crippen molar-refractivity contribution in [3.63, 3.8) is 0 Å². The van der Waals surface area contributed by atoms with E-state index in [0.29, 0.717) is 12.5 Å². The van der Waals surface area contributed by atoms with Gasteiger partial charge in [-0.05, 0) is 31.9 Å². The lowest BCUT2D eigenvalue weighted by Gasteiger charge is -2.18. The molecule has 0 aromatic heterocycles. The highest BCUT2D eigenvalue weighted by molar-refractivity contribution is 5.83. The number of carboxylic acids is 2. The van der Waals surface area contributed by atoms with Gasteiger partial charge in [-0.1, -0.05) is 25.1 Å². The summed E-state index contributed by atoms with van der Waals surface area (Å²) in [5, 5.41) is 32.5. The first-order chi connectivity index (χ1) is 11.5. The highest BCUT2D eigenvalue weighted by Gasteiger charge is 2.29. The van der Waals surface area contributed by atoms with Crippen LogP contribution >= 0.6 is 0 Å². The van der Waals surface area contributed by atoms with E-state index < -0.39 is 24.1 Å². The molecule has 142 valence electrons. The van der Waals surface area contributed by atoms with Gasteiger partial charge in [0.15, 0.2) is 12.2 Å². The van der Waals surface area contributed by atoms with Crippen LogP contribution in [0.4, 0.5) is 0 Å². The number of carbonyl (C=O) groups is 2. The molecule has 6 N–H and O–H groups in total. The van der Waals surface area contributed by atoms with E-state index in [2.05, 4.69) is 32.9 Å². The lowest BCUT2D eigenvalue weighted by molar-refractivity contribution is -0.165. The number of para-hydroxylation sites is 1. The topological polar surface area (TPSA) is 150 Å². The fourth-order valence-corrected chi connectivity index (χ4v) is 1.66. The molecule has 0 aliphatic heterocycles. The van der Waals surface area contributed by atoms with Crippen LogP contribution < -0.4 is 10.5 Å². The predicted molar refractivity (Wildman–Crippen MR) is 91.5 cm³/mol. The molecule has 0 heterocycles. The number of ether oxygens (including phenoxy) is 1. The first-order valence-corrected chi connectivity index (χ1v) is 7.75. The predicted octanol–water partition coefficient (Wildman–Crippen LogP) is 0.543. The Labute approximate surface area is 146 Å². The van der Waals surface area contributed by atoms with Crippen LogP contribution in [0.15, 0.2) is 18.2 Å². The third kappa shape index (κ3) is 7.97. The van der Waals surface area contributed by atoms with E-state index in [4.69, 9.17) is 30.9 Å². The molecule has 8 heteroatoms. The second-order valence-electron chi connectivity index (χ2n) is 5.93. The minimum atomic E-state index is -2.27. The Morgan fingerprint density at radius 1 is 1.04 bits per heavy atom. The molecule has 0 saturated carbocycles. The summed E-state index contributed by atoms with van der Waals surface area (Å²) in [6.07, 6.45) is -4.53. The molecule has 25 heavy (non-hydrogen) atoms. The zero-order chi connectivity index (χ0) is 19.7. The Morgan fingerprint density at radius 2 is 1.44 bits per heavy atom. The third-order valence-electron chi connectivity index (χ3n) is 3.60. The first kappa shape index (κ1) is 22.8. The largest absolute Gasteiger partial charge is 0.493 e. The van der Waals surface area contributed by atoms with E-state index in [1.165, 1.54) is 11.1 Å². The Morgan fingerprint density at radius 3 is 1.76 bits per heavy atom. The standard InChI is InChI=1S/C13H21NO.C4H6O6/c1-9-6-5-7-10(2)13(9)15-8-11(3)12(4)14;5-1(3(7)8)2(6)4(9)10/h5-7,11-12H,8,14H2,1-4H3;1-2,5-6H,(H,7,8)(H,9,10)/t11?,12-;/m1./s1. The smallest absolute Gasteiger partial charge is 0.335 e. The van der Waals surface area contributed by atoms with E-state index in [-0.39, 0.29) is 6.04 Å². The Balaban J connectivity index is 0.000000504. The van der Waals surface area contributed by atoms with Gasteiger partial charge in [-0.15, -0.1) is 0 Å². The molecular weight excluding hydrogens is 330 g/mol. The molecule has 0 amide bonds. The second kappa shape index (κ2) is 10.7. The van der Waals surface area contributed by atoms with Crippen LogP contribution in [-0.4, -0.2) is 57.2 Å². The molecule has 1 rings (SSSR count). The maximum absolute atomic E-state index is 9.77. The Kier molecular flexibility index (Phi) is 9.73. The van der Waals surface area contributed by atoms with Gasteiger partial charge in [-0.25, -0.2) is 9.59 Å². The van der Waals surface area contributed by atoms with Gasteiger partial charge in [0.1, 0.15) is 5.75 Å². The maximum Gasteiger partial charge on any atom is 0.335 e. The van der Waals surface area contributed by atoms with Crippen LogP contribution in [0.2, 0.25) is 0 Å². The number of hydrogen-bond acceptors (Lipinski definition) is 6. The van der Waals surface area contributed by atoms with Crippen LogP contribution in [0.1, 0.15) is 25.0 Å². The number of hydrogen-bond donors (Lipinski definition) is 5. The summed E-state index contributed by atoms with van der Waals surface area (Å²) in [4.78, 5) is 19.5. The van der Waals surface area contributed by atoms with E-state index in [1.807, 2.05) is 13.0 Å². The number of aliphatic carboxylic acids is 2. The third-order valence-corrected chi connectivity index (χ3v) is 3.60. The van der Waals surface area contributed by atoms with Gasteiger partial charge >= 0.3 is 11.9 Å². The van der Waals surface area contributed by atoms with Crippen LogP contribution in [0, 0.1) is 19.8 Å². The number of nitrogens with two attached hydrogens (primary N) is 1. The van der Waals surface area contributed by atoms with Gasteiger partial charge in [-0.2, -0.15) is 0 Å². The zero-order valence-electron chi connectivity index (χ0n) is 14.8. The van der Waals surface area contributed by atoms with Gasteiger partial charge in [0, 0.05) is 12.0 Å². The number of aryl methyl sites for hydroxylation is 2. The summed E-state index contributed by atoms with van der Waals surface area (Å²) in [5.41, 5.74) is 8.17. The summed E-state index contributed by atoms with van der Waals surface area (Å²) < 4.78 is 5.81. The van der Waals surface area contributed by atoms with Crippen molar-refractivity contribution >= 4 is 11.9 Å². The van der Waals surface area contributed by atoms with Crippen molar-refractivity contribution in [2.75, 3.05) is 6.61 Å². The van der Waals surface area contributed by atoms with Crippen molar-refractivity contribution in [3.8, 4) is 5.75 Å². The Hall–Kier alpha value is -2.16. The van der Waals surface area contributed by atoms with Crippen LogP contribution in [0.5, 0.6) is 5.75 Å². The van der Waals surface area contributed by atoms with E-state index >= 15 is 0 Å². The molecule has 8 nitrogen and oxygen atoms in total. The van der Waals surface area contributed by atoms with Crippen LogP contribution in [0.25, 0.3) is 0 Å². The minimum Gasteiger partial charge on any atom is -0.493 e. The second-order valence-corrected chi connectivity index (χ2v) is 5.93. The normalized spacial score (nSPS) is 15.2. The molecule has 0 aliphatic carbocycles. The summed E-state index contributed by atoms with van der Waals surface area (Å²) in [6, 6.07) is 6.36. The minimum absolute atomic E-state index is 0.175. The molecular formula is C17H27NO7. The van der Waals surface area contributed by atoms with E-state index in [0.717, 1.165) is 5.75 Å². The summed E-state index contributed by atoms with van der Waals surface area (Å²) >= 11 is 0. The lowest BCUT2D eigenvalue weighted by atomic mass is 10.1.